The summed E-state index contributed by atoms with van der Waals surface area (Å²) in [6.45, 7) is -0.638. The van der Waals surface area contributed by atoms with Gasteiger partial charge in [-0.05, 0) is 18.2 Å². The van der Waals surface area contributed by atoms with Gasteiger partial charge in [-0.1, -0.05) is 12.1 Å². The maximum Gasteiger partial charge on any atom is 0.270 e. The molecule has 120 valence electrons. The number of benzene rings is 2. The third-order valence-electron chi connectivity index (χ3n) is 3.64. The number of imide groups is 1. The Balaban J connectivity index is 1.90. The minimum absolute atomic E-state index is 0.0214. The van der Waals surface area contributed by atoms with Gasteiger partial charge < -0.3 is 0 Å². The molecule has 0 aromatic heterocycles. The number of halogens is 1. The van der Waals surface area contributed by atoms with E-state index in [1.54, 1.807) is 0 Å². The second-order valence-electron chi connectivity index (χ2n) is 5.09. The van der Waals surface area contributed by atoms with E-state index in [0.717, 1.165) is 18.2 Å². The summed E-state index contributed by atoms with van der Waals surface area (Å²) in [6.07, 6.45) is 0. The summed E-state index contributed by atoms with van der Waals surface area (Å²) in [5.74, 6) is -3.05. The molecule has 0 saturated heterocycles. The van der Waals surface area contributed by atoms with Crippen molar-refractivity contribution in [1.29, 1.82) is 0 Å². The molecule has 2 aromatic carbocycles. The largest absolute Gasteiger partial charge is 0.292 e. The van der Waals surface area contributed by atoms with Crippen LogP contribution in [0.3, 0.4) is 0 Å². The lowest BCUT2D eigenvalue weighted by Gasteiger charge is -2.12. The van der Waals surface area contributed by atoms with E-state index in [0.29, 0.717) is 4.90 Å². The molecule has 2 amide bonds. The van der Waals surface area contributed by atoms with Crippen LogP contribution in [0, 0.1) is 15.9 Å². The Morgan fingerprint density at radius 3 is 2.42 bits per heavy atom. The van der Waals surface area contributed by atoms with E-state index in [4.69, 9.17) is 0 Å². The molecule has 0 aliphatic carbocycles. The summed E-state index contributed by atoms with van der Waals surface area (Å²) in [5.41, 5.74) is -0.736. The van der Waals surface area contributed by atoms with Crippen molar-refractivity contribution < 1.29 is 23.7 Å². The quantitative estimate of drug-likeness (QED) is 0.371. The third kappa shape index (κ3) is 2.43. The van der Waals surface area contributed by atoms with Gasteiger partial charge in [0, 0.05) is 12.1 Å². The zero-order chi connectivity index (χ0) is 17.4. The zero-order valence-corrected chi connectivity index (χ0v) is 12.1. The minimum Gasteiger partial charge on any atom is -0.292 e. The number of non-ortho nitro benzene ring substituents is 1. The van der Waals surface area contributed by atoms with Crippen LogP contribution >= 0.6 is 0 Å². The molecule has 24 heavy (non-hydrogen) atoms. The van der Waals surface area contributed by atoms with E-state index < -0.39 is 34.9 Å². The molecule has 1 aliphatic heterocycles. The molecule has 0 bridgehead atoms. The lowest BCUT2D eigenvalue weighted by atomic mass is 10.1. The monoisotopic (exact) mass is 328 g/mol. The SMILES string of the molecule is O=C(CN1C(=O)c2ccc([N+](=O)[O-])cc2C1=O)c1ccccc1F. The minimum atomic E-state index is -0.816. The highest BCUT2D eigenvalue weighted by atomic mass is 19.1. The molecule has 3 rings (SSSR count). The number of Topliss-reactive ketones (excluding diaryl/α,β-unsaturated/α-hetero) is 1. The molecular formula is C16H9FN2O5. The van der Waals surface area contributed by atoms with Crippen LogP contribution in [0.2, 0.25) is 0 Å². The summed E-state index contributed by atoms with van der Waals surface area (Å²) >= 11 is 0. The van der Waals surface area contributed by atoms with Crippen molar-refractivity contribution in [2.75, 3.05) is 6.54 Å². The van der Waals surface area contributed by atoms with Gasteiger partial charge in [-0.3, -0.25) is 29.4 Å². The summed E-state index contributed by atoms with van der Waals surface area (Å²) < 4.78 is 13.6. The first-order valence-electron chi connectivity index (χ1n) is 6.82. The predicted molar refractivity (Wildman–Crippen MR) is 79.2 cm³/mol. The number of nitro benzene ring substituents is 1. The molecule has 8 heteroatoms. The first kappa shape index (κ1) is 15.5. The highest BCUT2D eigenvalue weighted by Gasteiger charge is 2.38. The standard InChI is InChI=1S/C16H9FN2O5/c17-13-4-2-1-3-11(13)14(20)8-18-15(21)10-6-5-9(19(23)24)7-12(10)16(18)22/h1-7H,8H2. The van der Waals surface area contributed by atoms with Crippen LogP contribution in [0.5, 0.6) is 0 Å². The van der Waals surface area contributed by atoms with Crippen molar-refractivity contribution >= 4 is 23.3 Å². The normalized spacial score (nSPS) is 13.1. The van der Waals surface area contributed by atoms with Gasteiger partial charge in [-0.25, -0.2) is 4.39 Å². The molecule has 0 spiro atoms. The van der Waals surface area contributed by atoms with Gasteiger partial charge in [0.15, 0.2) is 5.78 Å². The van der Waals surface area contributed by atoms with Gasteiger partial charge in [0.05, 0.1) is 28.2 Å². The van der Waals surface area contributed by atoms with Gasteiger partial charge in [-0.15, -0.1) is 0 Å². The van der Waals surface area contributed by atoms with Crippen LogP contribution in [0.4, 0.5) is 10.1 Å². The van der Waals surface area contributed by atoms with Crippen LogP contribution < -0.4 is 0 Å². The van der Waals surface area contributed by atoms with E-state index >= 15 is 0 Å². The second kappa shape index (κ2) is 5.65. The summed E-state index contributed by atoms with van der Waals surface area (Å²) in [4.78, 5) is 47.4. The van der Waals surface area contributed by atoms with Crippen molar-refractivity contribution in [3.63, 3.8) is 0 Å². The fraction of sp³-hybridized carbons (Fsp3) is 0.0625. The molecule has 2 aromatic rings. The number of carbonyl (C=O) groups is 3. The van der Waals surface area contributed by atoms with E-state index in [9.17, 15) is 28.9 Å². The van der Waals surface area contributed by atoms with Gasteiger partial charge in [0.25, 0.3) is 17.5 Å². The van der Waals surface area contributed by atoms with Crippen LogP contribution in [0.1, 0.15) is 31.1 Å². The number of hydrogen-bond acceptors (Lipinski definition) is 5. The van der Waals surface area contributed by atoms with Gasteiger partial charge in [-0.2, -0.15) is 0 Å². The van der Waals surface area contributed by atoms with Gasteiger partial charge in [0.2, 0.25) is 0 Å². The van der Waals surface area contributed by atoms with Gasteiger partial charge in [0.1, 0.15) is 5.82 Å². The maximum atomic E-state index is 13.6. The van der Waals surface area contributed by atoms with Crippen LogP contribution in [0.15, 0.2) is 42.5 Å². The molecule has 7 nitrogen and oxygen atoms in total. The smallest absolute Gasteiger partial charge is 0.270 e. The van der Waals surface area contributed by atoms with Crippen LogP contribution in [-0.4, -0.2) is 34.0 Å². The van der Waals surface area contributed by atoms with Crippen LogP contribution in [-0.2, 0) is 0 Å². The van der Waals surface area contributed by atoms with E-state index in [-0.39, 0.29) is 22.4 Å². The van der Waals surface area contributed by atoms with E-state index in [2.05, 4.69) is 0 Å². The highest BCUT2D eigenvalue weighted by molar-refractivity contribution is 6.23. The molecule has 1 heterocycles. The third-order valence-corrected chi connectivity index (χ3v) is 3.64. The van der Waals surface area contributed by atoms with Gasteiger partial charge >= 0.3 is 0 Å². The lowest BCUT2D eigenvalue weighted by molar-refractivity contribution is -0.384. The Bertz CT molecular complexity index is 909. The Morgan fingerprint density at radius 2 is 1.75 bits per heavy atom. The van der Waals surface area contributed by atoms with Crippen LogP contribution in [0.25, 0.3) is 0 Å². The molecule has 0 atom stereocenters. The highest BCUT2D eigenvalue weighted by Crippen LogP contribution is 2.27. The number of amides is 2. The molecule has 1 aliphatic rings. The Kier molecular flexibility index (Phi) is 3.64. The first-order valence-corrected chi connectivity index (χ1v) is 6.82. The topological polar surface area (TPSA) is 97.6 Å². The first-order chi connectivity index (χ1) is 11.4. The molecule has 0 N–H and O–H groups in total. The number of nitrogens with zero attached hydrogens (tertiary/aromatic N) is 2. The molecule has 0 unspecified atom stereocenters. The van der Waals surface area contributed by atoms with Crippen molar-refractivity contribution in [3.05, 3.63) is 75.1 Å². The summed E-state index contributed by atoms with van der Waals surface area (Å²) in [7, 11) is 0. The fourth-order valence-electron chi connectivity index (χ4n) is 2.45. The van der Waals surface area contributed by atoms with Crippen molar-refractivity contribution in [2.45, 2.75) is 0 Å². The van der Waals surface area contributed by atoms with Crippen molar-refractivity contribution in [2.24, 2.45) is 0 Å². The van der Waals surface area contributed by atoms with E-state index in [1.165, 1.54) is 24.3 Å². The number of fused-ring (bicyclic) bond motifs is 1. The number of rotatable bonds is 4. The summed E-state index contributed by atoms with van der Waals surface area (Å²) in [5, 5.41) is 10.8. The number of hydrogen-bond donors (Lipinski definition) is 0. The predicted octanol–water partition coefficient (Wildman–Crippen LogP) is 2.21. The number of carbonyl (C=O) groups excluding carboxylic acids is 3. The average molecular weight is 328 g/mol. The average Bonchev–Trinajstić information content (AvgIpc) is 2.79. The van der Waals surface area contributed by atoms with Crippen molar-refractivity contribution in [3.8, 4) is 0 Å². The Hall–Kier alpha value is -3.42. The molecule has 0 saturated carbocycles. The van der Waals surface area contributed by atoms with Crippen molar-refractivity contribution in [1.82, 2.24) is 4.90 Å². The van der Waals surface area contributed by atoms with E-state index in [1.807, 2.05) is 0 Å². The molecular weight excluding hydrogens is 319 g/mol. The lowest BCUT2D eigenvalue weighted by Crippen LogP contribution is -2.35. The molecule has 0 radical (unpaired) electrons. The maximum absolute atomic E-state index is 13.6. The fourth-order valence-corrected chi connectivity index (χ4v) is 2.45. The zero-order valence-electron chi connectivity index (χ0n) is 12.1. The number of nitro groups is 1. The summed E-state index contributed by atoms with van der Waals surface area (Å²) in [6, 6.07) is 8.48. The number of ketones is 1. The Labute approximate surface area is 134 Å². The Morgan fingerprint density at radius 1 is 1.08 bits per heavy atom. The molecule has 0 fully saturated rings. The second-order valence-corrected chi connectivity index (χ2v) is 5.09.